The number of pyridine rings is 2. The maximum atomic E-state index is 7.00. The highest BCUT2D eigenvalue weighted by Gasteiger charge is 1.84. The fourth-order valence-electron chi connectivity index (χ4n) is 1.01. The molecule has 0 unspecified atom stereocenters. The maximum absolute atomic E-state index is 7.00. The first-order valence-electron chi connectivity index (χ1n) is 4.72. The van der Waals surface area contributed by atoms with Crippen LogP contribution in [0.5, 0.6) is 0 Å². The first-order chi connectivity index (χ1) is 7.95. The third kappa shape index (κ3) is 3.91. The topological polar surface area (TPSA) is 46.0 Å². The Kier molecular flexibility index (Phi) is 5.32. The van der Waals surface area contributed by atoms with Crippen LogP contribution in [0.2, 0.25) is 0 Å². The lowest BCUT2D eigenvalue weighted by atomic mass is 10.2. The summed E-state index contributed by atoms with van der Waals surface area (Å²) in [5, 5.41) is 7.00. The van der Waals surface area contributed by atoms with Crippen LogP contribution in [0, 0.1) is 11.8 Å². The van der Waals surface area contributed by atoms with Gasteiger partial charge in [0.05, 0.1) is 0 Å². The molecular formula is C13H12N2O. The van der Waals surface area contributed by atoms with Crippen molar-refractivity contribution < 1.29 is 5.11 Å². The Morgan fingerprint density at radius 3 is 1.38 bits per heavy atom. The molecule has 2 rings (SSSR count). The maximum Gasteiger partial charge on any atom is 0.0319 e. The first kappa shape index (κ1) is 11.9. The highest BCUT2D eigenvalue weighted by atomic mass is 16.2. The molecule has 0 saturated carbocycles. The van der Waals surface area contributed by atoms with E-state index in [4.69, 9.17) is 5.11 Å². The van der Waals surface area contributed by atoms with Crippen LogP contribution in [0.15, 0.2) is 49.1 Å². The normalized spacial score (nSPS) is 8.12. The molecule has 0 atom stereocenters. The van der Waals surface area contributed by atoms with E-state index < -0.39 is 0 Å². The number of nitrogens with zero attached hydrogens (tertiary/aromatic N) is 2. The molecule has 0 bridgehead atoms. The Hall–Kier alpha value is -2.18. The van der Waals surface area contributed by atoms with Crippen LogP contribution < -0.4 is 0 Å². The van der Waals surface area contributed by atoms with E-state index in [9.17, 15) is 0 Å². The van der Waals surface area contributed by atoms with Crippen molar-refractivity contribution in [1.29, 1.82) is 0 Å². The lowest BCUT2D eigenvalue weighted by molar-refractivity contribution is 0.399. The molecule has 0 amide bonds. The molecule has 80 valence electrons. The van der Waals surface area contributed by atoms with E-state index in [-0.39, 0.29) is 0 Å². The fourth-order valence-corrected chi connectivity index (χ4v) is 1.01. The summed E-state index contributed by atoms with van der Waals surface area (Å²) in [4.78, 5) is 7.85. The second-order valence-corrected chi connectivity index (χ2v) is 2.72. The van der Waals surface area contributed by atoms with Gasteiger partial charge in [0.2, 0.25) is 0 Å². The molecule has 0 spiro atoms. The zero-order valence-electron chi connectivity index (χ0n) is 8.96. The standard InChI is InChI=1S/C12H8N2.CH4O/c1(11-3-7-13-8-4-11)2-12-5-9-14-10-6-12;1-2/h3-10H;2H,1H3. The lowest BCUT2D eigenvalue weighted by Crippen LogP contribution is -1.76. The van der Waals surface area contributed by atoms with Gasteiger partial charge in [0, 0.05) is 43.0 Å². The van der Waals surface area contributed by atoms with E-state index in [0.717, 1.165) is 18.2 Å². The van der Waals surface area contributed by atoms with Gasteiger partial charge in [-0.25, -0.2) is 0 Å². The van der Waals surface area contributed by atoms with E-state index in [1.54, 1.807) is 24.8 Å². The van der Waals surface area contributed by atoms with Gasteiger partial charge in [0.25, 0.3) is 0 Å². The number of aliphatic hydroxyl groups excluding tert-OH is 1. The summed E-state index contributed by atoms with van der Waals surface area (Å²) in [5.74, 6) is 6.09. The third-order valence-electron chi connectivity index (χ3n) is 1.71. The molecule has 0 aliphatic carbocycles. The summed E-state index contributed by atoms with van der Waals surface area (Å²) in [5.41, 5.74) is 1.94. The zero-order chi connectivity index (χ0) is 11.6. The summed E-state index contributed by atoms with van der Waals surface area (Å²) in [6, 6.07) is 7.53. The van der Waals surface area contributed by atoms with Crippen molar-refractivity contribution in [2.45, 2.75) is 0 Å². The van der Waals surface area contributed by atoms with E-state index >= 15 is 0 Å². The fraction of sp³-hybridized carbons (Fsp3) is 0.0769. The van der Waals surface area contributed by atoms with Gasteiger partial charge in [-0.3, -0.25) is 9.97 Å². The molecule has 2 heterocycles. The van der Waals surface area contributed by atoms with Gasteiger partial charge in [-0.05, 0) is 24.3 Å². The predicted octanol–water partition coefficient (Wildman–Crippen LogP) is 1.48. The van der Waals surface area contributed by atoms with Gasteiger partial charge >= 0.3 is 0 Å². The van der Waals surface area contributed by atoms with Gasteiger partial charge in [0.1, 0.15) is 0 Å². The molecule has 0 aliphatic rings. The largest absolute Gasteiger partial charge is 0.400 e. The minimum Gasteiger partial charge on any atom is -0.400 e. The zero-order valence-corrected chi connectivity index (χ0v) is 8.96. The number of aromatic nitrogens is 2. The van der Waals surface area contributed by atoms with Crippen LogP contribution in [0.25, 0.3) is 0 Å². The molecule has 1 N–H and O–H groups in total. The minimum atomic E-state index is 0.969. The molecular weight excluding hydrogens is 200 g/mol. The lowest BCUT2D eigenvalue weighted by Gasteiger charge is -1.87. The Balaban J connectivity index is 0.000000606. The average Bonchev–Trinajstić information content (AvgIpc) is 2.41. The summed E-state index contributed by atoms with van der Waals surface area (Å²) in [6.07, 6.45) is 6.93. The summed E-state index contributed by atoms with van der Waals surface area (Å²) >= 11 is 0. The van der Waals surface area contributed by atoms with E-state index in [1.165, 1.54) is 0 Å². The molecule has 3 nitrogen and oxygen atoms in total. The number of hydrogen-bond acceptors (Lipinski definition) is 3. The number of rotatable bonds is 0. The smallest absolute Gasteiger partial charge is 0.0319 e. The van der Waals surface area contributed by atoms with E-state index in [1.807, 2.05) is 24.3 Å². The van der Waals surface area contributed by atoms with Crippen molar-refractivity contribution in [3.8, 4) is 11.8 Å². The van der Waals surface area contributed by atoms with Crippen molar-refractivity contribution in [3.63, 3.8) is 0 Å². The van der Waals surface area contributed by atoms with Gasteiger partial charge in [-0.1, -0.05) is 11.8 Å². The average molecular weight is 212 g/mol. The molecule has 0 fully saturated rings. The molecule has 2 aromatic heterocycles. The summed E-state index contributed by atoms with van der Waals surface area (Å²) < 4.78 is 0. The molecule has 16 heavy (non-hydrogen) atoms. The van der Waals surface area contributed by atoms with Crippen molar-refractivity contribution >= 4 is 0 Å². The summed E-state index contributed by atoms with van der Waals surface area (Å²) in [6.45, 7) is 0. The van der Waals surface area contributed by atoms with Crippen LogP contribution >= 0.6 is 0 Å². The molecule has 0 saturated heterocycles. The van der Waals surface area contributed by atoms with Crippen molar-refractivity contribution in [2.75, 3.05) is 7.11 Å². The minimum absolute atomic E-state index is 0.969. The van der Waals surface area contributed by atoms with Crippen LogP contribution in [-0.2, 0) is 0 Å². The molecule has 3 heteroatoms. The third-order valence-corrected chi connectivity index (χ3v) is 1.71. The van der Waals surface area contributed by atoms with Crippen LogP contribution in [0.3, 0.4) is 0 Å². The Bertz CT molecular complexity index is 414. The quantitative estimate of drug-likeness (QED) is 0.673. The van der Waals surface area contributed by atoms with Crippen molar-refractivity contribution in [2.24, 2.45) is 0 Å². The molecule has 2 aromatic rings. The summed E-state index contributed by atoms with van der Waals surface area (Å²) in [7, 11) is 1.00. The van der Waals surface area contributed by atoms with E-state index in [2.05, 4.69) is 21.8 Å². The molecule has 0 radical (unpaired) electrons. The monoisotopic (exact) mass is 212 g/mol. The molecule has 0 aromatic carbocycles. The predicted molar refractivity (Wildman–Crippen MR) is 62.6 cm³/mol. The SMILES string of the molecule is C(#Cc1ccncc1)c1ccncc1.CO. The molecule has 0 aliphatic heterocycles. The number of hydrogen-bond donors (Lipinski definition) is 1. The Morgan fingerprint density at radius 2 is 1.06 bits per heavy atom. The first-order valence-corrected chi connectivity index (χ1v) is 4.72. The van der Waals surface area contributed by atoms with Crippen LogP contribution in [-0.4, -0.2) is 22.2 Å². The van der Waals surface area contributed by atoms with Crippen LogP contribution in [0.1, 0.15) is 11.1 Å². The highest BCUT2D eigenvalue weighted by Crippen LogP contribution is 1.96. The highest BCUT2D eigenvalue weighted by molar-refractivity contribution is 5.40. The second kappa shape index (κ2) is 7.16. The van der Waals surface area contributed by atoms with Gasteiger partial charge in [-0.15, -0.1) is 0 Å². The second-order valence-electron chi connectivity index (χ2n) is 2.72. The number of aliphatic hydroxyl groups is 1. The van der Waals surface area contributed by atoms with Gasteiger partial charge < -0.3 is 5.11 Å². The van der Waals surface area contributed by atoms with Crippen LogP contribution in [0.4, 0.5) is 0 Å². The van der Waals surface area contributed by atoms with Crippen molar-refractivity contribution in [1.82, 2.24) is 9.97 Å². The van der Waals surface area contributed by atoms with Crippen molar-refractivity contribution in [3.05, 3.63) is 60.2 Å². The Morgan fingerprint density at radius 1 is 0.750 bits per heavy atom. The van der Waals surface area contributed by atoms with Gasteiger partial charge in [0.15, 0.2) is 0 Å². The van der Waals surface area contributed by atoms with Gasteiger partial charge in [-0.2, -0.15) is 0 Å². The Labute approximate surface area is 94.8 Å². The van der Waals surface area contributed by atoms with E-state index in [0.29, 0.717) is 0 Å².